The molecule has 0 spiro atoms. The first-order valence-corrected chi connectivity index (χ1v) is 6.13. The molecule has 0 saturated carbocycles. The fourth-order valence-electron chi connectivity index (χ4n) is 1.85. The van der Waals surface area contributed by atoms with Gasteiger partial charge in [-0.1, -0.05) is 12.1 Å². The summed E-state index contributed by atoms with van der Waals surface area (Å²) in [7, 11) is 0. The normalized spacial score (nSPS) is 10.4. The molecule has 0 amide bonds. The predicted octanol–water partition coefficient (Wildman–Crippen LogP) is 3.08. The Hall–Kier alpha value is -2.23. The van der Waals surface area contributed by atoms with Gasteiger partial charge < -0.3 is 16.2 Å². The van der Waals surface area contributed by atoms with E-state index < -0.39 is 0 Å². The lowest BCUT2D eigenvalue weighted by Gasteiger charge is -2.11. The number of aryl methyl sites for hydroxylation is 1. The molecule has 0 unspecified atom stereocenters. The van der Waals surface area contributed by atoms with Crippen molar-refractivity contribution in [2.45, 2.75) is 13.3 Å². The van der Waals surface area contributed by atoms with Gasteiger partial charge in [0.05, 0.1) is 11.4 Å². The second-order valence-corrected chi connectivity index (χ2v) is 4.53. The van der Waals surface area contributed by atoms with Crippen LogP contribution in [0.25, 0.3) is 0 Å². The number of hydrogen-bond acceptors (Lipinski definition) is 3. The summed E-state index contributed by atoms with van der Waals surface area (Å²) in [6.07, 6.45) is 0.802. The summed E-state index contributed by atoms with van der Waals surface area (Å²) in [5, 5.41) is 12.4. The first kappa shape index (κ1) is 13.2. The average molecular weight is 260 g/mol. The third-order valence-corrected chi connectivity index (χ3v) is 3.00. The molecule has 0 atom stereocenters. The van der Waals surface area contributed by atoms with Crippen LogP contribution in [-0.2, 0) is 6.42 Å². The number of phenolic OH excluding ortho intramolecular Hbond substituents is 1. The van der Waals surface area contributed by atoms with Crippen molar-refractivity contribution in [3.8, 4) is 5.75 Å². The summed E-state index contributed by atoms with van der Waals surface area (Å²) in [5.74, 6) is -0.0308. The Balaban J connectivity index is 1.96. The summed E-state index contributed by atoms with van der Waals surface area (Å²) < 4.78 is 13.3. The number of rotatable bonds is 4. The summed E-state index contributed by atoms with van der Waals surface area (Å²) >= 11 is 0. The molecular formula is C15H17FN2O. The molecule has 19 heavy (non-hydrogen) atoms. The third-order valence-electron chi connectivity index (χ3n) is 3.00. The molecule has 0 bridgehead atoms. The number of nitrogen functional groups attached to an aromatic ring is 1. The summed E-state index contributed by atoms with van der Waals surface area (Å²) in [4.78, 5) is 0. The molecule has 0 aliphatic carbocycles. The van der Waals surface area contributed by atoms with E-state index >= 15 is 0 Å². The highest BCUT2D eigenvalue weighted by atomic mass is 19.1. The van der Waals surface area contributed by atoms with Gasteiger partial charge in [0.25, 0.3) is 0 Å². The van der Waals surface area contributed by atoms with Gasteiger partial charge >= 0.3 is 0 Å². The molecule has 0 aromatic heterocycles. The molecular weight excluding hydrogens is 243 g/mol. The number of anilines is 2. The molecule has 4 N–H and O–H groups in total. The van der Waals surface area contributed by atoms with Crippen LogP contribution in [0.2, 0.25) is 0 Å². The Morgan fingerprint density at radius 3 is 2.58 bits per heavy atom. The first-order valence-electron chi connectivity index (χ1n) is 6.13. The molecule has 0 aliphatic rings. The zero-order chi connectivity index (χ0) is 13.8. The standard InChI is InChI=1S/C15H17FN2O/c1-10-8-15(14(17)9-13(10)16)18-7-6-11-2-4-12(19)5-3-11/h2-5,8-9,18-19H,6-7,17H2,1H3. The minimum atomic E-state index is -0.290. The molecule has 0 heterocycles. The Morgan fingerprint density at radius 1 is 1.21 bits per heavy atom. The van der Waals surface area contributed by atoms with E-state index in [1.165, 1.54) is 6.07 Å². The number of hydrogen-bond donors (Lipinski definition) is 3. The van der Waals surface area contributed by atoms with E-state index in [2.05, 4.69) is 5.32 Å². The zero-order valence-electron chi connectivity index (χ0n) is 10.8. The van der Waals surface area contributed by atoms with Crippen molar-refractivity contribution in [3.63, 3.8) is 0 Å². The Labute approximate surface area is 111 Å². The lowest BCUT2D eigenvalue weighted by atomic mass is 10.1. The molecule has 2 rings (SSSR count). The van der Waals surface area contributed by atoms with Crippen molar-refractivity contribution in [2.24, 2.45) is 0 Å². The van der Waals surface area contributed by atoms with Gasteiger partial charge in [-0.2, -0.15) is 0 Å². The third kappa shape index (κ3) is 3.37. The quantitative estimate of drug-likeness (QED) is 0.740. The maximum atomic E-state index is 13.3. The molecule has 4 heteroatoms. The molecule has 2 aromatic rings. The van der Waals surface area contributed by atoms with E-state index in [9.17, 15) is 9.50 Å². The van der Waals surface area contributed by atoms with Crippen molar-refractivity contribution in [3.05, 3.63) is 53.3 Å². The van der Waals surface area contributed by atoms with Crippen LogP contribution in [0, 0.1) is 12.7 Å². The summed E-state index contributed by atoms with van der Waals surface area (Å²) in [6, 6.07) is 10.1. The molecule has 3 nitrogen and oxygen atoms in total. The SMILES string of the molecule is Cc1cc(NCCc2ccc(O)cc2)c(N)cc1F. The Kier molecular flexibility index (Phi) is 3.90. The van der Waals surface area contributed by atoms with Crippen LogP contribution in [0.5, 0.6) is 5.75 Å². The van der Waals surface area contributed by atoms with E-state index in [-0.39, 0.29) is 11.6 Å². The highest BCUT2D eigenvalue weighted by Gasteiger charge is 2.04. The summed E-state index contributed by atoms with van der Waals surface area (Å²) in [6.45, 7) is 2.40. The topological polar surface area (TPSA) is 58.3 Å². The predicted molar refractivity (Wildman–Crippen MR) is 75.8 cm³/mol. The van der Waals surface area contributed by atoms with Gasteiger partial charge in [0, 0.05) is 6.54 Å². The van der Waals surface area contributed by atoms with Gasteiger partial charge in [-0.15, -0.1) is 0 Å². The van der Waals surface area contributed by atoms with Crippen LogP contribution in [0.1, 0.15) is 11.1 Å². The molecule has 0 aliphatic heterocycles. The molecule has 2 aromatic carbocycles. The highest BCUT2D eigenvalue weighted by molar-refractivity contribution is 5.67. The molecule has 0 fully saturated rings. The van der Waals surface area contributed by atoms with E-state index in [4.69, 9.17) is 5.73 Å². The van der Waals surface area contributed by atoms with Crippen LogP contribution in [0.4, 0.5) is 15.8 Å². The van der Waals surface area contributed by atoms with Gasteiger partial charge in [0.1, 0.15) is 11.6 Å². The maximum absolute atomic E-state index is 13.3. The minimum Gasteiger partial charge on any atom is -0.508 e. The van der Waals surface area contributed by atoms with Crippen LogP contribution in [-0.4, -0.2) is 11.7 Å². The lowest BCUT2D eigenvalue weighted by Crippen LogP contribution is -2.07. The summed E-state index contributed by atoms with van der Waals surface area (Å²) in [5.41, 5.74) is 8.60. The van der Waals surface area contributed by atoms with Gasteiger partial charge in [-0.3, -0.25) is 0 Å². The lowest BCUT2D eigenvalue weighted by molar-refractivity contribution is 0.475. The van der Waals surface area contributed by atoms with Crippen LogP contribution < -0.4 is 11.1 Å². The smallest absolute Gasteiger partial charge is 0.128 e. The Bertz CT molecular complexity index is 567. The minimum absolute atomic E-state index is 0.259. The number of phenols is 1. The van der Waals surface area contributed by atoms with Gasteiger partial charge in [0.15, 0.2) is 0 Å². The van der Waals surface area contributed by atoms with Crippen molar-refractivity contribution in [1.82, 2.24) is 0 Å². The second kappa shape index (κ2) is 5.61. The molecule has 0 saturated heterocycles. The van der Waals surface area contributed by atoms with Gasteiger partial charge in [0.2, 0.25) is 0 Å². The van der Waals surface area contributed by atoms with Crippen LogP contribution >= 0.6 is 0 Å². The number of benzene rings is 2. The van der Waals surface area contributed by atoms with E-state index in [0.717, 1.165) is 17.7 Å². The Morgan fingerprint density at radius 2 is 1.89 bits per heavy atom. The van der Waals surface area contributed by atoms with Crippen molar-refractivity contribution >= 4 is 11.4 Å². The largest absolute Gasteiger partial charge is 0.508 e. The van der Waals surface area contributed by atoms with Gasteiger partial charge in [-0.25, -0.2) is 4.39 Å². The monoisotopic (exact) mass is 260 g/mol. The number of nitrogens with two attached hydrogens (primary N) is 1. The first-order chi connectivity index (χ1) is 9.06. The van der Waals surface area contributed by atoms with Crippen molar-refractivity contribution in [2.75, 3.05) is 17.6 Å². The van der Waals surface area contributed by atoms with Crippen molar-refractivity contribution in [1.29, 1.82) is 0 Å². The molecule has 0 radical (unpaired) electrons. The maximum Gasteiger partial charge on any atom is 0.128 e. The fraction of sp³-hybridized carbons (Fsp3) is 0.200. The average Bonchev–Trinajstić information content (AvgIpc) is 2.38. The van der Waals surface area contributed by atoms with E-state index in [0.29, 0.717) is 17.8 Å². The van der Waals surface area contributed by atoms with E-state index in [1.54, 1.807) is 25.1 Å². The van der Waals surface area contributed by atoms with E-state index in [1.807, 2.05) is 12.1 Å². The number of nitrogens with one attached hydrogen (secondary N) is 1. The van der Waals surface area contributed by atoms with Gasteiger partial charge in [-0.05, 0) is 48.7 Å². The van der Waals surface area contributed by atoms with Crippen molar-refractivity contribution < 1.29 is 9.50 Å². The second-order valence-electron chi connectivity index (χ2n) is 4.53. The van der Waals surface area contributed by atoms with Crippen LogP contribution in [0.15, 0.2) is 36.4 Å². The number of aromatic hydroxyl groups is 1. The van der Waals surface area contributed by atoms with Crippen LogP contribution in [0.3, 0.4) is 0 Å². The highest BCUT2D eigenvalue weighted by Crippen LogP contribution is 2.22. The number of halogens is 1. The zero-order valence-corrected chi connectivity index (χ0v) is 10.8. The molecule has 100 valence electrons. The fourth-order valence-corrected chi connectivity index (χ4v) is 1.85.